The molecule has 0 heterocycles. The Morgan fingerprint density at radius 1 is 1.12 bits per heavy atom. The Labute approximate surface area is 96.7 Å². The molecule has 88 valence electrons. The number of rotatable bonds is 3. The van der Waals surface area contributed by atoms with Crippen LogP contribution >= 0.6 is 0 Å². The van der Waals surface area contributed by atoms with Crippen LogP contribution in [0.4, 0.5) is 0 Å². The number of nitrogens with zero attached hydrogens (tertiary/aromatic N) is 1. The molecule has 0 aromatic rings. The van der Waals surface area contributed by atoms with Gasteiger partial charge in [-0.25, -0.2) is 5.43 Å². The highest BCUT2D eigenvalue weighted by molar-refractivity contribution is 5.89. The first-order chi connectivity index (χ1) is 7.77. The van der Waals surface area contributed by atoms with Gasteiger partial charge in [0.1, 0.15) is 0 Å². The number of nitrogens with one attached hydrogen (secondary N) is 1. The lowest BCUT2D eigenvalue weighted by Gasteiger charge is -2.04. The van der Waals surface area contributed by atoms with Crippen LogP contribution < -0.4 is 5.43 Å². The summed E-state index contributed by atoms with van der Waals surface area (Å²) in [5.74, 6) is 2.49. The van der Waals surface area contributed by atoms with Gasteiger partial charge in [0.25, 0.3) is 0 Å². The number of hydrazone groups is 1. The molecule has 3 atom stereocenters. The maximum absolute atomic E-state index is 11.9. The molecule has 0 aromatic heterocycles. The largest absolute Gasteiger partial charge is 0.273 e. The monoisotopic (exact) mass is 220 g/mol. The van der Waals surface area contributed by atoms with Crippen molar-refractivity contribution in [3.8, 4) is 0 Å². The summed E-state index contributed by atoms with van der Waals surface area (Å²) in [6.45, 7) is 2.03. The minimum absolute atomic E-state index is 0.178. The lowest BCUT2D eigenvalue weighted by atomic mass is 10.0. The van der Waals surface area contributed by atoms with Crippen molar-refractivity contribution in [2.24, 2.45) is 28.8 Å². The second-order valence-electron chi connectivity index (χ2n) is 5.64. The van der Waals surface area contributed by atoms with Gasteiger partial charge < -0.3 is 0 Å². The molecular formula is C13H20N2O. The Balaban J connectivity index is 1.52. The van der Waals surface area contributed by atoms with E-state index in [1.165, 1.54) is 38.5 Å². The molecule has 3 aliphatic rings. The number of hydrogen-bond acceptors (Lipinski definition) is 2. The quantitative estimate of drug-likeness (QED) is 0.575. The molecule has 3 saturated carbocycles. The van der Waals surface area contributed by atoms with Crippen LogP contribution in [0.5, 0.6) is 0 Å². The van der Waals surface area contributed by atoms with Crippen molar-refractivity contribution < 1.29 is 4.79 Å². The van der Waals surface area contributed by atoms with E-state index in [0.29, 0.717) is 23.7 Å². The van der Waals surface area contributed by atoms with Gasteiger partial charge in [-0.15, -0.1) is 0 Å². The zero-order valence-electron chi connectivity index (χ0n) is 9.91. The van der Waals surface area contributed by atoms with E-state index in [1.807, 2.05) is 6.92 Å². The summed E-state index contributed by atoms with van der Waals surface area (Å²) in [7, 11) is 0. The first kappa shape index (κ1) is 10.3. The number of fused-ring (bicyclic) bond motifs is 1. The third-order valence-corrected chi connectivity index (χ3v) is 4.47. The minimum atomic E-state index is 0.178. The van der Waals surface area contributed by atoms with Gasteiger partial charge in [0, 0.05) is 11.6 Å². The molecule has 3 nitrogen and oxygen atoms in total. The normalized spacial score (nSPS) is 37.8. The van der Waals surface area contributed by atoms with Gasteiger partial charge in [-0.1, -0.05) is 12.8 Å². The number of carbonyl (C=O) groups excluding carboxylic acids is 1. The number of hydrogen-bond donors (Lipinski definition) is 1. The second-order valence-corrected chi connectivity index (χ2v) is 5.64. The molecule has 3 heteroatoms. The molecule has 3 aliphatic carbocycles. The van der Waals surface area contributed by atoms with Gasteiger partial charge in [-0.3, -0.25) is 4.79 Å². The molecule has 1 unspecified atom stereocenters. The van der Waals surface area contributed by atoms with Gasteiger partial charge in [-0.2, -0.15) is 5.10 Å². The van der Waals surface area contributed by atoms with Gasteiger partial charge in [0.15, 0.2) is 0 Å². The summed E-state index contributed by atoms with van der Waals surface area (Å²) >= 11 is 0. The van der Waals surface area contributed by atoms with Crippen LogP contribution in [0.25, 0.3) is 0 Å². The molecule has 3 fully saturated rings. The fourth-order valence-corrected chi connectivity index (χ4v) is 3.19. The van der Waals surface area contributed by atoms with E-state index in [-0.39, 0.29) is 5.91 Å². The van der Waals surface area contributed by atoms with Crippen molar-refractivity contribution in [1.82, 2.24) is 5.43 Å². The highest BCUT2D eigenvalue weighted by Crippen LogP contribution is 2.55. The summed E-state index contributed by atoms with van der Waals surface area (Å²) in [6.07, 6.45) is 7.65. The zero-order chi connectivity index (χ0) is 11.1. The maximum atomic E-state index is 11.9. The molecule has 3 rings (SSSR count). The molecule has 1 N–H and O–H groups in total. The fourth-order valence-electron chi connectivity index (χ4n) is 3.19. The topological polar surface area (TPSA) is 41.5 Å². The van der Waals surface area contributed by atoms with Gasteiger partial charge >= 0.3 is 0 Å². The van der Waals surface area contributed by atoms with Crippen LogP contribution in [0.1, 0.15) is 45.4 Å². The summed E-state index contributed by atoms with van der Waals surface area (Å²) in [6, 6.07) is 0. The van der Waals surface area contributed by atoms with Crippen molar-refractivity contribution in [3.05, 3.63) is 0 Å². The second kappa shape index (κ2) is 3.86. The predicted octanol–water partition coefficient (Wildman–Crippen LogP) is 2.32. The maximum Gasteiger partial charge on any atom is 0.243 e. The minimum Gasteiger partial charge on any atom is -0.273 e. The number of amides is 1. The molecule has 0 spiro atoms. The van der Waals surface area contributed by atoms with E-state index in [0.717, 1.165) is 5.71 Å². The Bertz CT molecular complexity index is 321. The third kappa shape index (κ3) is 1.87. The standard InChI is InChI=1S/C13H20N2O/c1-8(9-6-7-9)14-15-13(16)12-10-4-2-3-5-11(10)12/h9-12H,2-7H2,1H3,(H,15,16)/b14-8-/t10-,11+,12?. The lowest BCUT2D eigenvalue weighted by Crippen LogP contribution is -2.22. The Hall–Kier alpha value is -0.860. The van der Waals surface area contributed by atoms with Crippen molar-refractivity contribution in [2.45, 2.75) is 45.4 Å². The van der Waals surface area contributed by atoms with Gasteiger partial charge in [0.05, 0.1) is 0 Å². The van der Waals surface area contributed by atoms with E-state index in [4.69, 9.17) is 0 Å². The first-order valence-electron chi connectivity index (χ1n) is 6.61. The van der Waals surface area contributed by atoms with Gasteiger partial charge in [-0.05, 0) is 50.4 Å². The molecule has 16 heavy (non-hydrogen) atoms. The lowest BCUT2D eigenvalue weighted by molar-refractivity contribution is -0.122. The SMILES string of the molecule is C/C(=N/NC(=O)C1[C@H]2CCCC[C@@H]12)C1CC1. The van der Waals surface area contributed by atoms with Crippen LogP contribution in [0, 0.1) is 23.7 Å². The highest BCUT2D eigenvalue weighted by atomic mass is 16.2. The molecule has 0 bridgehead atoms. The van der Waals surface area contributed by atoms with Crippen LogP contribution in [-0.4, -0.2) is 11.6 Å². The number of carbonyl (C=O) groups is 1. The average molecular weight is 220 g/mol. The van der Waals surface area contributed by atoms with Crippen LogP contribution in [0.3, 0.4) is 0 Å². The Morgan fingerprint density at radius 3 is 2.31 bits per heavy atom. The summed E-state index contributed by atoms with van der Waals surface area (Å²) in [5, 5.41) is 4.22. The predicted molar refractivity (Wildman–Crippen MR) is 62.9 cm³/mol. The van der Waals surface area contributed by atoms with Crippen LogP contribution in [-0.2, 0) is 4.79 Å². The highest BCUT2D eigenvalue weighted by Gasteiger charge is 2.54. The van der Waals surface area contributed by atoms with E-state index >= 15 is 0 Å². The van der Waals surface area contributed by atoms with Crippen molar-refractivity contribution in [1.29, 1.82) is 0 Å². The summed E-state index contributed by atoms with van der Waals surface area (Å²) in [5.41, 5.74) is 3.88. The molecule has 1 amide bonds. The molecule has 0 radical (unpaired) electrons. The van der Waals surface area contributed by atoms with Crippen LogP contribution in [0.15, 0.2) is 5.10 Å². The first-order valence-corrected chi connectivity index (χ1v) is 6.61. The molecular weight excluding hydrogens is 200 g/mol. The smallest absolute Gasteiger partial charge is 0.243 e. The zero-order valence-corrected chi connectivity index (χ0v) is 9.91. The molecule has 0 aromatic carbocycles. The van der Waals surface area contributed by atoms with E-state index < -0.39 is 0 Å². The van der Waals surface area contributed by atoms with Crippen molar-refractivity contribution in [3.63, 3.8) is 0 Å². The Kier molecular flexibility index (Phi) is 2.49. The summed E-state index contributed by atoms with van der Waals surface area (Å²) in [4.78, 5) is 11.9. The summed E-state index contributed by atoms with van der Waals surface area (Å²) < 4.78 is 0. The molecule has 0 aliphatic heterocycles. The van der Waals surface area contributed by atoms with E-state index in [2.05, 4.69) is 10.5 Å². The third-order valence-electron chi connectivity index (χ3n) is 4.47. The Morgan fingerprint density at radius 2 is 1.75 bits per heavy atom. The van der Waals surface area contributed by atoms with Crippen molar-refractivity contribution in [2.75, 3.05) is 0 Å². The molecule has 0 saturated heterocycles. The van der Waals surface area contributed by atoms with Gasteiger partial charge in [0.2, 0.25) is 5.91 Å². The van der Waals surface area contributed by atoms with Crippen molar-refractivity contribution >= 4 is 11.6 Å². The van der Waals surface area contributed by atoms with Crippen LogP contribution in [0.2, 0.25) is 0 Å². The van der Waals surface area contributed by atoms with E-state index in [9.17, 15) is 4.79 Å². The van der Waals surface area contributed by atoms with E-state index in [1.54, 1.807) is 0 Å². The fraction of sp³-hybridized carbons (Fsp3) is 0.846. The average Bonchev–Trinajstić information content (AvgIpc) is 3.16.